The topological polar surface area (TPSA) is 44.5 Å². The predicted octanol–water partition coefficient (Wildman–Crippen LogP) is 3.69. The van der Waals surface area contributed by atoms with E-state index in [0.717, 1.165) is 36.9 Å². The van der Waals surface area contributed by atoms with Gasteiger partial charge >= 0.3 is 0 Å². The van der Waals surface area contributed by atoms with Crippen molar-refractivity contribution in [1.82, 2.24) is 0 Å². The minimum Gasteiger partial charge on any atom is -0.493 e. The van der Waals surface area contributed by atoms with Crippen molar-refractivity contribution >= 4 is 17.2 Å². The molecule has 4 heteroatoms. The number of hydrogen-bond acceptors (Lipinski definition) is 3. The second-order valence-electron chi connectivity index (χ2n) is 5.64. The molecule has 0 atom stereocenters. The van der Waals surface area contributed by atoms with Gasteiger partial charge in [0.1, 0.15) is 10.7 Å². The van der Waals surface area contributed by atoms with Crippen molar-refractivity contribution in [3.8, 4) is 5.75 Å². The molecule has 0 spiro atoms. The van der Waals surface area contributed by atoms with Gasteiger partial charge in [0.2, 0.25) is 0 Å². The van der Waals surface area contributed by atoms with Crippen LogP contribution in [0.4, 0.5) is 0 Å². The number of rotatable bonds is 8. The summed E-state index contributed by atoms with van der Waals surface area (Å²) < 4.78 is 11.5. The summed E-state index contributed by atoms with van der Waals surface area (Å²) in [6.07, 6.45) is 7.68. The lowest BCUT2D eigenvalue weighted by atomic mass is 9.90. The van der Waals surface area contributed by atoms with E-state index >= 15 is 0 Å². The van der Waals surface area contributed by atoms with E-state index in [-0.39, 0.29) is 0 Å². The van der Waals surface area contributed by atoms with Crippen molar-refractivity contribution in [2.45, 2.75) is 38.5 Å². The standard InChI is InChI=1S/C17H25NO2S/c18-17(21)15-9-4-5-10-16(15)20-12-6-11-19-13-14-7-2-1-3-8-14/h4-5,9-10,14H,1-3,6-8,11-13H2,(H2,18,21). The van der Waals surface area contributed by atoms with E-state index in [1.165, 1.54) is 32.1 Å². The molecular formula is C17H25NO2S. The van der Waals surface area contributed by atoms with Crippen LogP contribution in [0.15, 0.2) is 24.3 Å². The maximum atomic E-state index is 5.76. The number of nitrogens with two attached hydrogens (primary N) is 1. The van der Waals surface area contributed by atoms with Gasteiger partial charge in [0, 0.05) is 19.6 Å². The van der Waals surface area contributed by atoms with Crippen molar-refractivity contribution in [3.63, 3.8) is 0 Å². The van der Waals surface area contributed by atoms with E-state index in [0.29, 0.717) is 11.6 Å². The number of thiocarbonyl (C=S) groups is 1. The third kappa shape index (κ3) is 5.64. The van der Waals surface area contributed by atoms with Crippen molar-refractivity contribution in [2.75, 3.05) is 19.8 Å². The monoisotopic (exact) mass is 307 g/mol. The number of ether oxygens (including phenoxy) is 2. The SMILES string of the molecule is NC(=S)c1ccccc1OCCCOCC1CCCCC1. The zero-order valence-electron chi connectivity index (χ0n) is 12.6. The molecule has 116 valence electrons. The van der Waals surface area contributed by atoms with Crippen molar-refractivity contribution in [1.29, 1.82) is 0 Å². The fraction of sp³-hybridized carbons (Fsp3) is 0.588. The molecule has 1 aromatic carbocycles. The molecule has 0 saturated heterocycles. The van der Waals surface area contributed by atoms with Gasteiger partial charge in [-0.05, 0) is 30.9 Å². The molecule has 0 aliphatic heterocycles. The van der Waals surface area contributed by atoms with Crippen LogP contribution in [0.1, 0.15) is 44.1 Å². The first kappa shape index (κ1) is 16.2. The van der Waals surface area contributed by atoms with Crippen LogP contribution in [-0.4, -0.2) is 24.8 Å². The summed E-state index contributed by atoms with van der Waals surface area (Å²) in [4.78, 5) is 0.374. The maximum Gasteiger partial charge on any atom is 0.129 e. The first-order valence-corrected chi connectivity index (χ1v) is 8.27. The highest BCUT2D eigenvalue weighted by Gasteiger charge is 2.13. The quantitative estimate of drug-likeness (QED) is 0.588. The normalized spacial score (nSPS) is 15.8. The van der Waals surface area contributed by atoms with Gasteiger partial charge in [0.15, 0.2) is 0 Å². The summed E-state index contributed by atoms with van der Waals surface area (Å²) in [6, 6.07) is 7.62. The minimum atomic E-state index is 0.374. The molecule has 21 heavy (non-hydrogen) atoms. The molecule has 1 aliphatic rings. The number of para-hydroxylation sites is 1. The minimum absolute atomic E-state index is 0.374. The Kier molecular flexibility index (Phi) is 6.96. The molecule has 0 heterocycles. The maximum absolute atomic E-state index is 5.76. The van der Waals surface area contributed by atoms with Crippen LogP contribution in [0.2, 0.25) is 0 Å². The summed E-state index contributed by atoms with van der Waals surface area (Å²) in [5, 5.41) is 0. The molecule has 3 nitrogen and oxygen atoms in total. The first-order chi connectivity index (χ1) is 10.3. The van der Waals surface area contributed by atoms with Gasteiger partial charge in [-0.1, -0.05) is 43.6 Å². The third-order valence-corrected chi connectivity index (χ3v) is 4.14. The molecule has 1 aromatic rings. The Morgan fingerprint density at radius 3 is 2.67 bits per heavy atom. The van der Waals surface area contributed by atoms with Crippen molar-refractivity contribution < 1.29 is 9.47 Å². The summed E-state index contributed by atoms with van der Waals surface area (Å²) in [6.45, 7) is 2.29. The molecule has 0 amide bonds. The van der Waals surface area contributed by atoms with Crippen LogP contribution >= 0.6 is 12.2 Å². The van der Waals surface area contributed by atoms with Gasteiger partial charge in [-0.3, -0.25) is 0 Å². The molecule has 0 unspecified atom stereocenters. The van der Waals surface area contributed by atoms with Crippen LogP contribution in [0, 0.1) is 5.92 Å². The molecule has 0 aromatic heterocycles. The molecule has 2 N–H and O–H groups in total. The van der Waals surface area contributed by atoms with Crippen molar-refractivity contribution in [3.05, 3.63) is 29.8 Å². The molecule has 0 bridgehead atoms. The fourth-order valence-corrected chi connectivity index (χ4v) is 2.91. The van der Waals surface area contributed by atoms with E-state index in [1.54, 1.807) is 0 Å². The fourth-order valence-electron chi connectivity index (χ4n) is 2.74. The van der Waals surface area contributed by atoms with E-state index in [1.807, 2.05) is 24.3 Å². The summed E-state index contributed by atoms with van der Waals surface area (Å²) >= 11 is 5.02. The van der Waals surface area contributed by atoms with E-state index in [9.17, 15) is 0 Å². The molecule has 1 aliphatic carbocycles. The Morgan fingerprint density at radius 2 is 1.90 bits per heavy atom. The lowest BCUT2D eigenvalue weighted by Gasteiger charge is -2.21. The smallest absolute Gasteiger partial charge is 0.129 e. The van der Waals surface area contributed by atoms with Crippen LogP contribution < -0.4 is 10.5 Å². The zero-order chi connectivity index (χ0) is 14.9. The first-order valence-electron chi connectivity index (χ1n) is 7.87. The summed E-state index contributed by atoms with van der Waals surface area (Å²) in [7, 11) is 0. The second-order valence-corrected chi connectivity index (χ2v) is 6.08. The molecule has 0 radical (unpaired) electrons. The Morgan fingerprint density at radius 1 is 1.14 bits per heavy atom. The Labute approximate surface area is 132 Å². The second kappa shape index (κ2) is 9.00. The predicted molar refractivity (Wildman–Crippen MR) is 89.8 cm³/mol. The highest BCUT2D eigenvalue weighted by molar-refractivity contribution is 7.80. The molecule has 1 fully saturated rings. The van der Waals surface area contributed by atoms with Crippen LogP contribution in [-0.2, 0) is 4.74 Å². The van der Waals surface area contributed by atoms with E-state index in [2.05, 4.69) is 0 Å². The molecular weight excluding hydrogens is 282 g/mol. The van der Waals surface area contributed by atoms with Gasteiger partial charge in [-0.2, -0.15) is 0 Å². The molecule has 2 rings (SSSR count). The van der Waals surface area contributed by atoms with E-state index < -0.39 is 0 Å². The van der Waals surface area contributed by atoms with Gasteiger partial charge in [-0.25, -0.2) is 0 Å². The highest BCUT2D eigenvalue weighted by atomic mass is 32.1. The lowest BCUT2D eigenvalue weighted by molar-refractivity contribution is 0.0766. The summed E-state index contributed by atoms with van der Waals surface area (Å²) in [5.74, 6) is 1.53. The Bertz CT molecular complexity index is 444. The van der Waals surface area contributed by atoms with Gasteiger partial charge in [-0.15, -0.1) is 0 Å². The Hall–Kier alpha value is -1.13. The molecule has 1 saturated carbocycles. The highest BCUT2D eigenvalue weighted by Crippen LogP contribution is 2.23. The number of hydrogen-bond donors (Lipinski definition) is 1. The third-order valence-electron chi connectivity index (χ3n) is 3.92. The lowest BCUT2D eigenvalue weighted by Crippen LogP contribution is -2.15. The largest absolute Gasteiger partial charge is 0.493 e. The average molecular weight is 307 g/mol. The number of benzene rings is 1. The van der Waals surface area contributed by atoms with Crippen LogP contribution in [0.25, 0.3) is 0 Å². The van der Waals surface area contributed by atoms with Gasteiger partial charge in [0.25, 0.3) is 0 Å². The van der Waals surface area contributed by atoms with Crippen LogP contribution in [0.3, 0.4) is 0 Å². The zero-order valence-corrected chi connectivity index (χ0v) is 13.4. The van der Waals surface area contributed by atoms with Crippen molar-refractivity contribution in [2.24, 2.45) is 11.7 Å². The average Bonchev–Trinajstić information content (AvgIpc) is 2.52. The van der Waals surface area contributed by atoms with Gasteiger partial charge < -0.3 is 15.2 Å². The van der Waals surface area contributed by atoms with Gasteiger partial charge in [0.05, 0.1) is 12.2 Å². The van der Waals surface area contributed by atoms with E-state index in [4.69, 9.17) is 27.4 Å². The summed E-state index contributed by atoms with van der Waals surface area (Å²) in [5.41, 5.74) is 6.48. The van der Waals surface area contributed by atoms with Crippen LogP contribution in [0.5, 0.6) is 5.75 Å². The Balaban J connectivity index is 1.60.